The van der Waals surface area contributed by atoms with E-state index in [0.717, 1.165) is 51.6 Å². The van der Waals surface area contributed by atoms with E-state index in [2.05, 4.69) is 39.0 Å². The Balaban J connectivity index is 1.39. The minimum atomic E-state index is 0.0870. The monoisotopic (exact) mass is 366 g/mol. The molecule has 1 aromatic carbocycles. The van der Waals surface area contributed by atoms with Crippen molar-refractivity contribution in [1.82, 2.24) is 14.8 Å². The lowest BCUT2D eigenvalue weighted by atomic mass is 10.1. The van der Waals surface area contributed by atoms with Crippen LogP contribution in [0.25, 0.3) is 0 Å². The largest absolute Gasteiger partial charge is 0.378 e. The van der Waals surface area contributed by atoms with Crippen LogP contribution in [0.5, 0.6) is 0 Å². The van der Waals surface area contributed by atoms with Crippen molar-refractivity contribution in [1.29, 1.82) is 0 Å². The number of benzene rings is 1. The Labute approximate surface area is 160 Å². The van der Waals surface area contributed by atoms with Gasteiger partial charge in [0.25, 0.3) is 5.91 Å². The molecule has 0 spiro atoms. The van der Waals surface area contributed by atoms with E-state index in [1.165, 1.54) is 5.56 Å². The molecule has 2 aliphatic rings. The molecule has 6 heteroatoms. The second-order valence-corrected chi connectivity index (χ2v) is 7.03. The van der Waals surface area contributed by atoms with Crippen LogP contribution in [0, 0.1) is 0 Å². The zero-order valence-electron chi connectivity index (χ0n) is 15.6. The number of amides is 1. The van der Waals surface area contributed by atoms with Crippen LogP contribution in [0.2, 0.25) is 0 Å². The topological polar surface area (TPSA) is 48.9 Å². The summed E-state index contributed by atoms with van der Waals surface area (Å²) in [5, 5.41) is 0. The Morgan fingerprint density at radius 2 is 1.67 bits per heavy atom. The standard InChI is InChI=1S/C21H26N4O2/c26-21(19-7-4-8-22-20(19)24-13-15-27-16-14-24)25-11-9-23(10-12-25)17-18-5-2-1-3-6-18/h1-8H,9-17H2. The van der Waals surface area contributed by atoms with Crippen LogP contribution in [-0.2, 0) is 11.3 Å². The zero-order chi connectivity index (χ0) is 18.5. The Morgan fingerprint density at radius 3 is 2.41 bits per heavy atom. The molecule has 27 heavy (non-hydrogen) atoms. The van der Waals surface area contributed by atoms with Gasteiger partial charge < -0.3 is 14.5 Å². The molecule has 1 aromatic heterocycles. The Bertz CT molecular complexity index is 754. The van der Waals surface area contributed by atoms with E-state index < -0.39 is 0 Å². The summed E-state index contributed by atoms with van der Waals surface area (Å²) < 4.78 is 5.43. The van der Waals surface area contributed by atoms with Crippen molar-refractivity contribution >= 4 is 11.7 Å². The summed E-state index contributed by atoms with van der Waals surface area (Å²) in [6, 6.07) is 14.2. The van der Waals surface area contributed by atoms with Gasteiger partial charge in [0.2, 0.25) is 0 Å². The fraction of sp³-hybridized carbons (Fsp3) is 0.429. The van der Waals surface area contributed by atoms with Crippen molar-refractivity contribution in [2.45, 2.75) is 6.54 Å². The van der Waals surface area contributed by atoms with Crippen LogP contribution in [-0.4, -0.2) is 73.2 Å². The van der Waals surface area contributed by atoms with E-state index >= 15 is 0 Å². The molecule has 2 fully saturated rings. The summed E-state index contributed by atoms with van der Waals surface area (Å²) in [6.45, 7) is 7.16. The van der Waals surface area contributed by atoms with Crippen LogP contribution in [0.4, 0.5) is 5.82 Å². The maximum atomic E-state index is 13.1. The first-order valence-corrected chi connectivity index (χ1v) is 9.64. The molecule has 0 atom stereocenters. The summed E-state index contributed by atoms with van der Waals surface area (Å²) in [5.41, 5.74) is 2.02. The number of anilines is 1. The van der Waals surface area contributed by atoms with Gasteiger partial charge in [-0.05, 0) is 17.7 Å². The fourth-order valence-electron chi connectivity index (χ4n) is 3.71. The molecule has 0 aliphatic carbocycles. The van der Waals surface area contributed by atoms with Gasteiger partial charge in [-0.25, -0.2) is 4.98 Å². The van der Waals surface area contributed by atoms with Crippen molar-refractivity contribution < 1.29 is 9.53 Å². The lowest BCUT2D eigenvalue weighted by Crippen LogP contribution is -2.48. The highest BCUT2D eigenvalue weighted by Crippen LogP contribution is 2.21. The highest BCUT2D eigenvalue weighted by Gasteiger charge is 2.26. The number of morpholine rings is 1. The molecular formula is C21H26N4O2. The van der Waals surface area contributed by atoms with Crippen molar-refractivity contribution in [2.75, 3.05) is 57.4 Å². The first-order chi connectivity index (χ1) is 13.3. The minimum Gasteiger partial charge on any atom is -0.378 e. The lowest BCUT2D eigenvalue weighted by Gasteiger charge is -2.36. The molecule has 0 unspecified atom stereocenters. The molecule has 142 valence electrons. The molecule has 2 saturated heterocycles. The highest BCUT2D eigenvalue weighted by molar-refractivity contribution is 5.99. The second kappa shape index (κ2) is 8.50. The number of hydrogen-bond donors (Lipinski definition) is 0. The third-order valence-electron chi connectivity index (χ3n) is 5.24. The van der Waals surface area contributed by atoms with E-state index in [-0.39, 0.29) is 5.91 Å². The number of nitrogens with zero attached hydrogens (tertiary/aromatic N) is 4. The number of aromatic nitrogens is 1. The van der Waals surface area contributed by atoms with Gasteiger partial charge in [0.05, 0.1) is 18.8 Å². The molecule has 6 nitrogen and oxygen atoms in total. The van der Waals surface area contributed by atoms with Crippen molar-refractivity contribution in [2.24, 2.45) is 0 Å². The summed E-state index contributed by atoms with van der Waals surface area (Å²) in [4.78, 5) is 24.2. The van der Waals surface area contributed by atoms with Gasteiger partial charge >= 0.3 is 0 Å². The Hall–Kier alpha value is -2.44. The summed E-state index contributed by atoms with van der Waals surface area (Å²) in [5.74, 6) is 0.876. The molecular weight excluding hydrogens is 340 g/mol. The fourth-order valence-corrected chi connectivity index (χ4v) is 3.71. The maximum absolute atomic E-state index is 13.1. The number of carbonyl (C=O) groups is 1. The first kappa shape index (κ1) is 17.9. The van der Waals surface area contributed by atoms with E-state index in [9.17, 15) is 4.79 Å². The van der Waals surface area contributed by atoms with Crippen molar-refractivity contribution in [3.8, 4) is 0 Å². The van der Waals surface area contributed by atoms with Gasteiger partial charge in [0, 0.05) is 52.0 Å². The SMILES string of the molecule is O=C(c1cccnc1N1CCOCC1)N1CCN(Cc2ccccc2)CC1. The van der Waals surface area contributed by atoms with Crippen molar-refractivity contribution in [3.05, 3.63) is 59.8 Å². The van der Waals surface area contributed by atoms with Gasteiger partial charge in [-0.1, -0.05) is 30.3 Å². The summed E-state index contributed by atoms with van der Waals surface area (Å²) in [6.07, 6.45) is 1.76. The maximum Gasteiger partial charge on any atom is 0.257 e. The lowest BCUT2D eigenvalue weighted by molar-refractivity contribution is 0.0627. The van der Waals surface area contributed by atoms with Gasteiger partial charge in [-0.3, -0.25) is 9.69 Å². The average molecular weight is 366 g/mol. The van der Waals surface area contributed by atoms with Gasteiger partial charge in [-0.2, -0.15) is 0 Å². The molecule has 2 aliphatic heterocycles. The normalized spacial score (nSPS) is 18.5. The Kier molecular flexibility index (Phi) is 5.65. The number of pyridine rings is 1. The van der Waals surface area contributed by atoms with Crippen molar-refractivity contribution in [3.63, 3.8) is 0 Å². The van der Waals surface area contributed by atoms with Gasteiger partial charge in [-0.15, -0.1) is 0 Å². The molecule has 3 heterocycles. The van der Waals surface area contributed by atoms with Crippen LogP contribution < -0.4 is 4.90 Å². The van der Waals surface area contributed by atoms with E-state index in [1.54, 1.807) is 6.20 Å². The van der Waals surface area contributed by atoms with Crippen LogP contribution in [0.15, 0.2) is 48.7 Å². The number of hydrogen-bond acceptors (Lipinski definition) is 5. The molecule has 2 aromatic rings. The predicted octanol–water partition coefficient (Wildman–Crippen LogP) is 1.88. The van der Waals surface area contributed by atoms with E-state index in [1.807, 2.05) is 23.1 Å². The highest BCUT2D eigenvalue weighted by atomic mass is 16.5. The quantitative estimate of drug-likeness (QED) is 0.827. The average Bonchev–Trinajstić information content (AvgIpc) is 2.75. The molecule has 4 rings (SSSR count). The molecule has 1 amide bonds. The van der Waals surface area contributed by atoms with Crippen LogP contribution >= 0.6 is 0 Å². The molecule has 0 N–H and O–H groups in total. The van der Waals surface area contributed by atoms with Gasteiger partial charge in [0.15, 0.2) is 0 Å². The number of rotatable bonds is 4. The third kappa shape index (κ3) is 4.28. The molecule has 0 saturated carbocycles. The van der Waals surface area contributed by atoms with Gasteiger partial charge in [0.1, 0.15) is 5.82 Å². The third-order valence-corrected chi connectivity index (χ3v) is 5.24. The predicted molar refractivity (Wildman–Crippen MR) is 105 cm³/mol. The number of piperazine rings is 1. The number of ether oxygens (including phenoxy) is 1. The minimum absolute atomic E-state index is 0.0870. The zero-order valence-corrected chi connectivity index (χ0v) is 15.6. The molecule has 0 radical (unpaired) electrons. The summed E-state index contributed by atoms with van der Waals surface area (Å²) in [7, 11) is 0. The van der Waals surface area contributed by atoms with E-state index in [0.29, 0.717) is 18.8 Å². The first-order valence-electron chi connectivity index (χ1n) is 9.64. The van der Waals surface area contributed by atoms with E-state index in [4.69, 9.17) is 4.74 Å². The second-order valence-electron chi connectivity index (χ2n) is 7.03. The molecule has 0 bridgehead atoms. The smallest absolute Gasteiger partial charge is 0.257 e. The number of carbonyl (C=O) groups excluding carboxylic acids is 1. The van der Waals surface area contributed by atoms with Crippen LogP contribution in [0.1, 0.15) is 15.9 Å². The Morgan fingerprint density at radius 1 is 0.926 bits per heavy atom. The summed E-state index contributed by atoms with van der Waals surface area (Å²) >= 11 is 0. The van der Waals surface area contributed by atoms with Crippen LogP contribution in [0.3, 0.4) is 0 Å².